The molecule has 0 radical (unpaired) electrons. The van der Waals surface area contributed by atoms with Gasteiger partial charge in [-0.15, -0.1) is 0 Å². The van der Waals surface area contributed by atoms with Crippen molar-refractivity contribution in [3.05, 3.63) is 101 Å². The van der Waals surface area contributed by atoms with Crippen LogP contribution in [0, 0.1) is 20.8 Å². The van der Waals surface area contributed by atoms with E-state index in [0.717, 1.165) is 22.2 Å². The van der Waals surface area contributed by atoms with Crippen molar-refractivity contribution in [2.45, 2.75) is 20.8 Å². The number of rotatable bonds is 1. The van der Waals surface area contributed by atoms with Gasteiger partial charge in [-0.05, 0) is 49.2 Å². The first-order valence-corrected chi connectivity index (χ1v) is 10.7. The predicted octanol–water partition coefficient (Wildman–Crippen LogP) is 3.62. The van der Waals surface area contributed by atoms with Crippen molar-refractivity contribution in [1.82, 2.24) is 9.97 Å². The number of hydrogen-bond donors (Lipinski definition) is 1. The molecule has 0 aliphatic heterocycles. The van der Waals surface area contributed by atoms with Crippen molar-refractivity contribution in [2.75, 3.05) is 0 Å². The van der Waals surface area contributed by atoms with E-state index < -0.39 is 11.7 Å². The molecule has 5 rings (SSSR count). The zero-order valence-electron chi connectivity index (χ0n) is 20.1. The number of carbonyl (C=O) groups is 1. The molecule has 0 saturated carbocycles. The molecule has 2 heterocycles. The van der Waals surface area contributed by atoms with Gasteiger partial charge >= 0.3 is 23.3 Å². The zero-order chi connectivity index (χ0) is 25.5. The third-order valence-electron chi connectivity index (χ3n) is 5.09. The standard InChI is InChI=1S/2C10H9NO.C8H8O3.Al/c2*1-7-5-6-8-3-2-4-9(12)10(8)11-7;1-5-3-2-4-6(9)7(5)8(10)11;/h2*2-6,12H,1H3;2-4,9H,1H3,(H,10,11);/q;;;+3/p-3. The average Bonchev–Trinajstić information content (AvgIpc) is 2.81. The van der Waals surface area contributed by atoms with Crippen LogP contribution in [0.4, 0.5) is 0 Å². The van der Waals surface area contributed by atoms with Crippen molar-refractivity contribution < 1.29 is 25.2 Å². The van der Waals surface area contributed by atoms with Crippen LogP contribution in [0.1, 0.15) is 27.3 Å². The number of aromatic nitrogens is 2. The molecule has 36 heavy (non-hydrogen) atoms. The van der Waals surface area contributed by atoms with E-state index in [1.165, 1.54) is 18.2 Å². The first kappa shape index (κ1) is 28.1. The summed E-state index contributed by atoms with van der Waals surface area (Å²) in [5.74, 6) is -1.60. The Balaban J connectivity index is 0.000000188. The summed E-state index contributed by atoms with van der Waals surface area (Å²) in [5.41, 5.74) is 3.27. The summed E-state index contributed by atoms with van der Waals surface area (Å²) in [6.45, 7) is 5.36. The normalized spacial score (nSPS) is 9.86. The Morgan fingerprint density at radius 2 is 1.06 bits per heavy atom. The van der Waals surface area contributed by atoms with Crippen LogP contribution in [0.25, 0.3) is 21.8 Å². The van der Waals surface area contributed by atoms with Crippen molar-refractivity contribution in [3.8, 4) is 17.2 Å². The summed E-state index contributed by atoms with van der Waals surface area (Å²) in [4.78, 5) is 18.8. The second-order valence-corrected chi connectivity index (χ2v) is 7.81. The van der Waals surface area contributed by atoms with Gasteiger partial charge in [-0.1, -0.05) is 84.0 Å². The largest absolute Gasteiger partial charge is 3.00 e. The number of benzene rings is 3. The maximum absolute atomic E-state index is 11.3. The summed E-state index contributed by atoms with van der Waals surface area (Å²) < 4.78 is 0. The molecule has 0 saturated heterocycles. The summed E-state index contributed by atoms with van der Waals surface area (Å²) in [5, 5.41) is 43.8. The van der Waals surface area contributed by atoms with Crippen molar-refractivity contribution >= 4 is 45.1 Å². The topological polar surface area (TPSA) is 132 Å². The van der Waals surface area contributed by atoms with Gasteiger partial charge < -0.3 is 20.4 Å². The Labute approximate surface area is 219 Å². The van der Waals surface area contributed by atoms with Gasteiger partial charge in [0.1, 0.15) is 0 Å². The van der Waals surface area contributed by atoms with E-state index in [0.29, 0.717) is 16.6 Å². The molecule has 1 N–H and O–H groups in total. The van der Waals surface area contributed by atoms with Crippen LogP contribution >= 0.6 is 0 Å². The molecule has 0 spiro atoms. The van der Waals surface area contributed by atoms with Crippen LogP contribution in [0.3, 0.4) is 0 Å². The molecule has 0 unspecified atom stereocenters. The molecular weight excluding hydrogens is 471 g/mol. The van der Waals surface area contributed by atoms with Crippen LogP contribution in [-0.4, -0.2) is 38.4 Å². The molecule has 5 aromatic rings. The number of carboxylic acids is 1. The van der Waals surface area contributed by atoms with Gasteiger partial charge in [-0.3, -0.25) is 9.97 Å². The Morgan fingerprint density at radius 1 is 0.639 bits per heavy atom. The van der Waals surface area contributed by atoms with Gasteiger partial charge in [0, 0.05) is 11.4 Å². The van der Waals surface area contributed by atoms with E-state index in [4.69, 9.17) is 5.11 Å². The first-order chi connectivity index (χ1) is 16.7. The average molecular weight is 494 g/mol. The number of pyridine rings is 2. The van der Waals surface area contributed by atoms with E-state index in [1.807, 2.05) is 50.2 Å². The van der Waals surface area contributed by atoms with Gasteiger partial charge in [0.25, 0.3) is 0 Å². The van der Waals surface area contributed by atoms with Gasteiger partial charge in [-0.25, -0.2) is 4.79 Å². The summed E-state index contributed by atoms with van der Waals surface area (Å²) in [6.07, 6.45) is 0. The fraction of sp³-hybridized carbons (Fsp3) is 0.107. The minimum Gasteiger partial charge on any atom is -0.872 e. The molecule has 3 aromatic carbocycles. The van der Waals surface area contributed by atoms with Crippen LogP contribution < -0.4 is 15.3 Å². The van der Waals surface area contributed by atoms with E-state index in [-0.39, 0.29) is 34.4 Å². The minimum atomic E-state index is -1.16. The Morgan fingerprint density at radius 3 is 1.44 bits per heavy atom. The third kappa shape index (κ3) is 6.95. The van der Waals surface area contributed by atoms with Crippen LogP contribution in [0.15, 0.2) is 78.9 Å². The molecule has 0 aliphatic rings. The van der Waals surface area contributed by atoms with Crippen molar-refractivity contribution in [2.24, 2.45) is 0 Å². The van der Waals surface area contributed by atoms with Gasteiger partial charge in [0.2, 0.25) is 0 Å². The van der Waals surface area contributed by atoms with E-state index in [2.05, 4.69) is 9.97 Å². The second-order valence-electron chi connectivity index (χ2n) is 7.81. The van der Waals surface area contributed by atoms with Gasteiger partial charge in [0.05, 0.1) is 16.6 Å². The quantitative estimate of drug-likeness (QED) is 0.352. The van der Waals surface area contributed by atoms with E-state index >= 15 is 0 Å². The third-order valence-corrected chi connectivity index (χ3v) is 5.09. The number of para-hydroxylation sites is 2. The Kier molecular flexibility index (Phi) is 9.80. The monoisotopic (exact) mass is 494 g/mol. The van der Waals surface area contributed by atoms with Crippen LogP contribution in [0.2, 0.25) is 0 Å². The van der Waals surface area contributed by atoms with Gasteiger partial charge in [-0.2, -0.15) is 0 Å². The fourth-order valence-electron chi connectivity index (χ4n) is 3.35. The summed E-state index contributed by atoms with van der Waals surface area (Å²) in [7, 11) is 0. The number of carboxylic acid groups (broad SMARTS) is 1. The maximum atomic E-state index is 11.3. The molecule has 2 aromatic heterocycles. The number of aromatic carboxylic acids is 1. The molecule has 0 atom stereocenters. The van der Waals surface area contributed by atoms with Crippen molar-refractivity contribution in [1.29, 1.82) is 0 Å². The SMILES string of the molecule is Cc1ccc2cccc([O-])c2n1.Cc1ccc2cccc([O-])c2n1.Cc1cccc([O-])c1C(=O)O.[Al+3]. The molecule has 0 amide bonds. The molecule has 7 nitrogen and oxygen atoms in total. The fourth-order valence-corrected chi connectivity index (χ4v) is 3.35. The van der Waals surface area contributed by atoms with E-state index in [9.17, 15) is 20.1 Å². The Bertz CT molecular complexity index is 1400. The maximum Gasteiger partial charge on any atom is 3.00 e. The minimum absolute atomic E-state index is 0. The second kappa shape index (κ2) is 12.5. The number of hydrogen-bond acceptors (Lipinski definition) is 6. The Hall–Kier alpha value is -4.12. The molecule has 8 heteroatoms. The zero-order valence-corrected chi connectivity index (χ0v) is 21.2. The smallest absolute Gasteiger partial charge is 0.872 e. The van der Waals surface area contributed by atoms with Gasteiger partial charge in [0.15, 0.2) is 0 Å². The molecular formula is C28H23AlN2O5. The molecule has 178 valence electrons. The molecule has 0 aliphatic carbocycles. The number of fused-ring (bicyclic) bond motifs is 2. The summed E-state index contributed by atoms with van der Waals surface area (Å²) in [6, 6.07) is 22.4. The number of aryl methyl sites for hydroxylation is 3. The first-order valence-electron chi connectivity index (χ1n) is 10.7. The summed E-state index contributed by atoms with van der Waals surface area (Å²) >= 11 is 0. The van der Waals surface area contributed by atoms with Crippen LogP contribution in [-0.2, 0) is 0 Å². The van der Waals surface area contributed by atoms with Crippen molar-refractivity contribution in [3.63, 3.8) is 0 Å². The molecule has 0 bridgehead atoms. The van der Waals surface area contributed by atoms with Crippen LogP contribution in [0.5, 0.6) is 17.2 Å². The number of nitrogens with zero attached hydrogens (tertiary/aromatic N) is 2. The van der Waals surface area contributed by atoms with E-state index in [1.54, 1.807) is 31.2 Å². The molecule has 0 fully saturated rings. The predicted molar refractivity (Wildman–Crippen MR) is 135 cm³/mol.